The number of pyridine rings is 1. The maximum absolute atomic E-state index is 11.0. The van der Waals surface area contributed by atoms with Crippen LogP contribution in [0.3, 0.4) is 0 Å². The van der Waals surface area contributed by atoms with Crippen LogP contribution < -0.4 is 14.0 Å². The molecule has 0 atom stereocenters. The number of hydrogen-bond donors (Lipinski definition) is 2. The standard InChI is InChI=1S/C30H26BrNO6/c31-29-26(37-19-24-4-2-1-3-5-24)14-15-32(18-23-10-6-21(7-11-23)16-27(33)34)30(29)38-20-25-12-8-22(9-13-25)17-28(35)36/h1-15H,16-20H2,(H-,33,34,35,36)/p+1. The highest BCUT2D eigenvalue weighted by atomic mass is 79.9. The molecule has 0 aliphatic heterocycles. The Morgan fingerprint density at radius 1 is 0.658 bits per heavy atom. The van der Waals surface area contributed by atoms with Gasteiger partial charge in [0.25, 0.3) is 0 Å². The zero-order chi connectivity index (χ0) is 26.9. The molecule has 7 nitrogen and oxygen atoms in total. The molecule has 4 aromatic rings. The van der Waals surface area contributed by atoms with Crippen molar-refractivity contribution in [3.63, 3.8) is 0 Å². The molecule has 0 amide bonds. The summed E-state index contributed by atoms with van der Waals surface area (Å²) in [7, 11) is 0. The Morgan fingerprint density at radius 3 is 1.74 bits per heavy atom. The van der Waals surface area contributed by atoms with Gasteiger partial charge in [0.2, 0.25) is 0 Å². The molecule has 0 unspecified atom stereocenters. The summed E-state index contributed by atoms with van der Waals surface area (Å²) >= 11 is 3.67. The molecule has 0 radical (unpaired) electrons. The molecule has 0 spiro atoms. The van der Waals surface area contributed by atoms with Crippen molar-refractivity contribution in [3.8, 4) is 11.6 Å². The Bertz CT molecular complexity index is 1390. The van der Waals surface area contributed by atoms with E-state index >= 15 is 0 Å². The van der Waals surface area contributed by atoms with Crippen LogP contribution in [-0.2, 0) is 42.2 Å². The number of aliphatic carboxylic acids is 2. The molecule has 0 saturated heterocycles. The summed E-state index contributed by atoms with van der Waals surface area (Å²) in [5, 5.41) is 18.0. The minimum Gasteiger partial charge on any atom is -0.487 e. The van der Waals surface area contributed by atoms with E-state index in [9.17, 15) is 9.59 Å². The number of benzene rings is 3. The van der Waals surface area contributed by atoms with Crippen molar-refractivity contribution in [2.45, 2.75) is 32.6 Å². The average molecular weight is 577 g/mol. The molecule has 8 heteroatoms. The van der Waals surface area contributed by atoms with Crippen LogP contribution in [0.4, 0.5) is 0 Å². The quantitative estimate of drug-likeness (QED) is 0.225. The third-order valence-corrected chi connectivity index (χ3v) is 6.52. The Labute approximate surface area is 229 Å². The van der Waals surface area contributed by atoms with Gasteiger partial charge in [-0.2, -0.15) is 4.57 Å². The smallest absolute Gasteiger partial charge is 0.387 e. The van der Waals surface area contributed by atoms with Crippen molar-refractivity contribution in [2.75, 3.05) is 0 Å². The van der Waals surface area contributed by atoms with Gasteiger partial charge in [0.15, 0.2) is 17.2 Å². The lowest BCUT2D eigenvalue weighted by molar-refractivity contribution is -0.694. The SMILES string of the molecule is O=C(O)Cc1ccc(COc2c(Br)c(OCc3ccccc3)cc[n+]2Cc2ccc(CC(=O)O)cc2)cc1. The van der Waals surface area contributed by atoms with Gasteiger partial charge in [0.1, 0.15) is 19.0 Å². The molecule has 1 aromatic heterocycles. The van der Waals surface area contributed by atoms with E-state index in [4.69, 9.17) is 19.7 Å². The van der Waals surface area contributed by atoms with E-state index in [1.54, 1.807) is 12.1 Å². The van der Waals surface area contributed by atoms with E-state index in [-0.39, 0.29) is 19.4 Å². The fourth-order valence-electron chi connectivity index (χ4n) is 3.86. The van der Waals surface area contributed by atoms with E-state index in [2.05, 4.69) is 15.9 Å². The molecule has 0 aliphatic carbocycles. The Hall–Kier alpha value is -4.17. The van der Waals surface area contributed by atoms with Gasteiger partial charge in [-0.15, -0.1) is 0 Å². The molecule has 1 heterocycles. The largest absolute Gasteiger partial charge is 0.487 e. The zero-order valence-electron chi connectivity index (χ0n) is 20.5. The monoisotopic (exact) mass is 576 g/mol. The number of carboxylic acids is 2. The van der Waals surface area contributed by atoms with Crippen molar-refractivity contribution in [2.24, 2.45) is 0 Å². The lowest BCUT2D eigenvalue weighted by atomic mass is 10.1. The first-order chi connectivity index (χ1) is 18.4. The third-order valence-electron chi connectivity index (χ3n) is 5.79. The summed E-state index contributed by atoms with van der Waals surface area (Å²) in [6.45, 7) is 1.17. The molecule has 0 fully saturated rings. The highest BCUT2D eigenvalue weighted by molar-refractivity contribution is 9.10. The van der Waals surface area contributed by atoms with Crippen molar-refractivity contribution in [3.05, 3.63) is 123 Å². The van der Waals surface area contributed by atoms with Gasteiger partial charge in [-0.1, -0.05) is 78.9 Å². The summed E-state index contributed by atoms with van der Waals surface area (Å²) in [5.41, 5.74) is 4.38. The van der Waals surface area contributed by atoms with Gasteiger partial charge < -0.3 is 19.7 Å². The first-order valence-electron chi connectivity index (χ1n) is 12.0. The minimum absolute atomic E-state index is 0.0218. The first-order valence-corrected chi connectivity index (χ1v) is 12.8. The van der Waals surface area contributed by atoms with E-state index in [0.29, 0.717) is 29.3 Å². The molecule has 4 rings (SSSR count). The second kappa shape index (κ2) is 12.9. The fraction of sp³-hybridized carbons (Fsp3) is 0.167. The molecule has 3 aromatic carbocycles. The minimum atomic E-state index is -0.873. The molecule has 0 aliphatic rings. The molecule has 38 heavy (non-hydrogen) atoms. The zero-order valence-corrected chi connectivity index (χ0v) is 22.1. The van der Waals surface area contributed by atoms with Gasteiger partial charge in [-0.05, 0) is 38.2 Å². The van der Waals surface area contributed by atoms with Crippen molar-refractivity contribution in [1.82, 2.24) is 0 Å². The lowest BCUT2D eigenvalue weighted by Gasteiger charge is -2.13. The van der Waals surface area contributed by atoms with Gasteiger partial charge in [0.05, 0.1) is 12.8 Å². The van der Waals surface area contributed by atoms with Crippen LogP contribution in [0.5, 0.6) is 11.6 Å². The van der Waals surface area contributed by atoms with E-state index in [1.165, 1.54) is 0 Å². The first kappa shape index (κ1) is 26.9. The number of rotatable bonds is 12. The predicted octanol–water partition coefficient (Wildman–Crippen LogP) is 5.20. The summed E-state index contributed by atoms with van der Waals surface area (Å²) < 4.78 is 14.9. The molecule has 2 N–H and O–H groups in total. The highest BCUT2D eigenvalue weighted by Crippen LogP contribution is 2.32. The maximum atomic E-state index is 11.0. The third kappa shape index (κ3) is 7.66. The number of halogens is 1. The maximum Gasteiger partial charge on any atom is 0.387 e. The van der Waals surface area contributed by atoms with E-state index in [0.717, 1.165) is 27.8 Å². The topological polar surface area (TPSA) is 96.9 Å². The lowest BCUT2D eigenvalue weighted by Crippen LogP contribution is -2.36. The van der Waals surface area contributed by atoms with Crippen molar-refractivity contribution in [1.29, 1.82) is 0 Å². The number of hydrogen-bond acceptors (Lipinski definition) is 4. The normalized spacial score (nSPS) is 10.7. The van der Waals surface area contributed by atoms with Gasteiger partial charge >= 0.3 is 17.8 Å². The summed E-state index contributed by atoms with van der Waals surface area (Å²) in [6.07, 6.45) is 1.84. The molecule has 0 bridgehead atoms. The van der Waals surface area contributed by atoms with Crippen LogP contribution in [0.2, 0.25) is 0 Å². The van der Waals surface area contributed by atoms with Crippen molar-refractivity contribution < 1.29 is 33.8 Å². The van der Waals surface area contributed by atoms with Gasteiger partial charge in [0, 0.05) is 11.6 Å². The van der Waals surface area contributed by atoms with Crippen LogP contribution in [0.15, 0.2) is 95.6 Å². The van der Waals surface area contributed by atoms with Crippen molar-refractivity contribution >= 4 is 27.9 Å². The molecule has 0 saturated carbocycles. The number of aromatic nitrogens is 1. The van der Waals surface area contributed by atoms with Crippen LogP contribution in [0.25, 0.3) is 0 Å². The second-order valence-electron chi connectivity index (χ2n) is 8.76. The summed E-state index contributed by atoms with van der Waals surface area (Å²) in [5.74, 6) is -0.537. The van der Waals surface area contributed by atoms with Crippen LogP contribution in [0, 0.1) is 0 Å². The van der Waals surface area contributed by atoms with Gasteiger partial charge in [-0.3, -0.25) is 9.59 Å². The molecular formula is C30H27BrNO6+. The Morgan fingerprint density at radius 2 is 1.16 bits per heavy atom. The molecule has 194 valence electrons. The number of carboxylic acid groups (broad SMARTS) is 2. The van der Waals surface area contributed by atoms with E-state index < -0.39 is 11.9 Å². The second-order valence-corrected chi connectivity index (χ2v) is 9.56. The van der Waals surface area contributed by atoms with Gasteiger partial charge in [-0.25, -0.2) is 0 Å². The van der Waals surface area contributed by atoms with Crippen LogP contribution in [0.1, 0.15) is 27.8 Å². The Balaban J connectivity index is 1.55. The number of ether oxygens (including phenoxy) is 2. The summed E-state index contributed by atoms with van der Waals surface area (Å²) in [4.78, 5) is 22.0. The van der Waals surface area contributed by atoms with Crippen LogP contribution in [-0.4, -0.2) is 22.2 Å². The number of carbonyl (C=O) groups is 2. The molecular weight excluding hydrogens is 550 g/mol. The highest BCUT2D eigenvalue weighted by Gasteiger charge is 2.22. The summed E-state index contributed by atoms with van der Waals surface area (Å²) in [6, 6.07) is 26.5. The predicted molar refractivity (Wildman–Crippen MR) is 144 cm³/mol. The fourth-order valence-corrected chi connectivity index (χ4v) is 4.45. The van der Waals surface area contributed by atoms with Crippen LogP contribution >= 0.6 is 15.9 Å². The van der Waals surface area contributed by atoms with E-state index in [1.807, 2.05) is 83.6 Å². The average Bonchev–Trinajstić information content (AvgIpc) is 2.90. The number of nitrogens with zero attached hydrogens (tertiary/aromatic N) is 1. The Kier molecular flexibility index (Phi) is 9.11.